The fourth-order valence-electron chi connectivity index (χ4n) is 3.20. The first-order chi connectivity index (χ1) is 15.5. The van der Waals surface area contributed by atoms with Gasteiger partial charge in [0.15, 0.2) is 16.6 Å². The van der Waals surface area contributed by atoms with Crippen LogP contribution >= 0.6 is 12.2 Å². The van der Waals surface area contributed by atoms with Crippen molar-refractivity contribution in [3.8, 4) is 17.2 Å². The van der Waals surface area contributed by atoms with Gasteiger partial charge in [0.05, 0.1) is 19.8 Å². The molecule has 0 aliphatic heterocycles. The van der Waals surface area contributed by atoms with Crippen molar-refractivity contribution in [2.75, 3.05) is 43.1 Å². The van der Waals surface area contributed by atoms with E-state index in [2.05, 4.69) is 29.4 Å². The quantitative estimate of drug-likeness (QED) is 0.465. The molecule has 0 saturated carbocycles. The van der Waals surface area contributed by atoms with E-state index in [0.717, 1.165) is 24.5 Å². The Morgan fingerprint density at radius 1 is 0.875 bits per heavy atom. The molecule has 0 bridgehead atoms. The van der Waals surface area contributed by atoms with Crippen molar-refractivity contribution in [2.24, 2.45) is 0 Å². The van der Waals surface area contributed by atoms with Crippen LogP contribution in [0.3, 0.4) is 0 Å². The Bertz CT molecular complexity index is 872. The van der Waals surface area contributed by atoms with Crippen LogP contribution in [0.25, 0.3) is 0 Å². The van der Waals surface area contributed by atoms with E-state index in [9.17, 15) is 4.79 Å². The highest BCUT2D eigenvalue weighted by molar-refractivity contribution is 7.80. The van der Waals surface area contributed by atoms with Crippen LogP contribution in [0.15, 0.2) is 36.4 Å². The number of ether oxygens (including phenoxy) is 3. The maximum atomic E-state index is 12.9. The first kappa shape index (κ1) is 25.3. The molecule has 8 heteroatoms. The number of rotatable bonds is 11. The summed E-state index contributed by atoms with van der Waals surface area (Å²) in [6, 6.07) is 11.2. The average molecular weight is 460 g/mol. The first-order valence-electron chi connectivity index (χ1n) is 11.0. The van der Waals surface area contributed by atoms with Gasteiger partial charge in [-0.3, -0.25) is 10.1 Å². The zero-order chi connectivity index (χ0) is 23.5. The Morgan fingerprint density at radius 3 is 1.88 bits per heavy atom. The van der Waals surface area contributed by atoms with Crippen LogP contribution in [0.2, 0.25) is 0 Å². The lowest BCUT2D eigenvalue weighted by atomic mass is 10.1. The molecule has 0 heterocycles. The van der Waals surface area contributed by atoms with Gasteiger partial charge in [-0.2, -0.15) is 0 Å². The number of thiocarbonyl (C=S) groups is 1. The first-order valence-corrected chi connectivity index (χ1v) is 11.4. The standard InChI is InChI=1S/C24H33N3O4S/c1-6-27(7-2)19-13-11-18(12-14-19)25-24(32)26-23(28)17-15-20(29-8-3)22(31-10-5)21(16-17)30-9-4/h11-16H,6-10H2,1-5H3,(H2,25,26,28,32). The maximum Gasteiger partial charge on any atom is 0.257 e. The number of amides is 1. The lowest BCUT2D eigenvalue weighted by molar-refractivity contribution is 0.0976. The summed E-state index contributed by atoms with van der Waals surface area (Å²) in [6.07, 6.45) is 0. The zero-order valence-electron chi connectivity index (χ0n) is 19.5. The smallest absolute Gasteiger partial charge is 0.257 e. The highest BCUT2D eigenvalue weighted by atomic mass is 32.1. The minimum Gasteiger partial charge on any atom is -0.490 e. The Balaban J connectivity index is 2.14. The fraction of sp³-hybridized carbons (Fsp3) is 0.417. The van der Waals surface area contributed by atoms with E-state index in [1.54, 1.807) is 12.1 Å². The van der Waals surface area contributed by atoms with Crippen LogP contribution in [-0.2, 0) is 0 Å². The summed E-state index contributed by atoms with van der Waals surface area (Å²) in [5.74, 6) is 1.03. The number of carbonyl (C=O) groups excluding carboxylic acids is 1. The third-order valence-corrected chi connectivity index (χ3v) is 4.86. The molecule has 0 aliphatic rings. The van der Waals surface area contributed by atoms with Crippen molar-refractivity contribution >= 4 is 34.6 Å². The van der Waals surface area contributed by atoms with Crippen LogP contribution in [0.1, 0.15) is 45.0 Å². The second kappa shape index (κ2) is 12.8. The van der Waals surface area contributed by atoms with E-state index in [0.29, 0.717) is 42.6 Å². The number of benzene rings is 2. The minimum atomic E-state index is -0.368. The van der Waals surface area contributed by atoms with E-state index < -0.39 is 0 Å². The summed E-state index contributed by atoms with van der Waals surface area (Å²) in [6.45, 7) is 13.0. The zero-order valence-corrected chi connectivity index (χ0v) is 20.3. The van der Waals surface area contributed by atoms with E-state index in [4.69, 9.17) is 26.4 Å². The molecule has 2 aromatic rings. The molecule has 32 heavy (non-hydrogen) atoms. The van der Waals surface area contributed by atoms with Crippen LogP contribution in [0, 0.1) is 0 Å². The van der Waals surface area contributed by atoms with Gasteiger partial charge >= 0.3 is 0 Å². The lowest BCUT2D eigenvalue weighted by Crippen LogP contribution is -2.34. The molecule has 0 aliphatic carbocycles. The van der Waals surface area contributed by atoms with Crippen molar-refractivity contribution in [2.45, 2.75) is 34.6 Å². The molecular weight excluding hydrogens is 426 g/mol. The fourth-order valence-corrected chi connectivity index (χ4v) is 3.41. The Hall–Kier alpha value is -3.00. The van der Waals surface area contributed by atoms with Gasteiger partial charge < -0.3 is 24.4 Å². The van der Waals surface area contributed by atoms with Crippen LogP contribution in [0.5, 0.6) is 17.2 Å². The lowest BCUT2D eigenvalue weighted by Gasteiger charge is -2.21. The molecule has 0 unspecified atom stereocenters. The predicted octanol–water partition coefficient (Wildman–Crippen LogP) is 4.86. The van der Waals surface area contributed by atoms with E-state index in [1.165, 1.54) is 0 Å². The highest BCUT2D eigenvalue weighted by Gasteiger charge is 2.19. The largest absolute Gasteiger partial charge is 0.490 e. The summed E-state index contributed by atoms with van der Waals surface area (Å²) >= 11 is 5.34. The maximum absolute atomic E-state index is 12.9. The summed E-state index contributed by atoms with van der Waals surface area (Å²) in [4.78, 5) is 15.1. The van der Waals surface area contributed by atoms with Crippen LogP contribution in [-0.4, -0.2) is 43.9 Å². The molecule has 0 radical (unpaired) electrons. The number of anilines is 2. The molecule has 0 fully saturated rings. The molecule has 0 spiro atoms. The summed E-state index contributed by atoms with van der Waals surface area (Å²) in [5, 5.41) is 5.97. The molecule has 7 nitrogen and oxygen atoms in total. The van der Waals surface area contributed by atoms with Gasteiger partial charge in [-0.25, -0.2) is 0 Å². The third kappa shape index (κ3) is 6.75. The second-order valence-corrected chi connectivity index (χ2v) is 7.14. The van der Waals surface area contributed by atoms with Crippen molar-refractivity contribution in [3.05, 3.63) is 42.0 Å². The summed E-state index contributed by atoms with van der Waals surface area (Å²) in [5.41, 5.74) is 2.29. The predicted molar refractivity (Wildman–Crippen MR) is 134 cm³/mol. The van der Waals surface area contributed by atoms with Crippen molar-refractivity contribution in [1.82, 2.24) is 5.32 Å². The molecule has 2 N–H and O–H groups in total. The second-order valence-electron chi connectivity index (χ2n) is 6.73. The summed E-state index contributed by atoms with van der Waals surface area (Å²) < 4.78 is 17.0. The van der Waals surface area contributed by atoms with Gasteiger partial charge in [0.25, 0.3) is 5.91 Å². The normalized spacial score (nSPS) is 10.3. The number of nitrogens with zero attached hydrogens (tertiary/aromatic N) is 1. The van der Waals surface area contributed by atoms with Crippen molar-refractivity contribution < 1.29 is 19.0 Å². The molecule has 0 saturated heterocycles. The Kier molecular flexibility index (Phi) is 10.1. The highest BCUT2D eigenvalue weighted by Crippen LogP contribution is 2.39. The topological polar surface area (TPSA) is 72.1 Å². The monoisotopic (exact) mass is 459 g/mol. The Morgan fingerprint density at radius 2 is 1.41 bits per heavy atom. The van der Waals surface area contributed by atoms with Crippen LogP contribution < -0.4 is 29.7 Å². The molecule has 0 aromatic heterocycles. The molecular formula is C24H33N3O4S. The SMILES string of the molecule is CCOc1cc(C(=O)NC(=S)Nc2ccc(N(CC)CC)cc2)cc(OCC)c1OCC. The molecule has 0 atom stereocenters. The van der Waals surface area contributed by atoms with Crippen molar-refractivity contribution in [3.63, 3.8) is 0 Å². The minimum absolute atomic E-state index is 0.204. The molecule has 2 aromatic carbocycles. The van der Waals surface area contributed by atoms with Gasteiger partial charge in [-0.1, -0.05) is 0 Å². The van der Waals surface area contributed by atoms with Gasteiger partial charge in [-0.15, -0.1) is 0 Å². The Labute approximate surface area is 196 Å². The molecule has 174 valence electrons. The third-order valence-electron chi connectivity index (χ3n) is 4.65. The van der Waals surface area contributed by atoms with Gasteiger partial charge in [0, 0.05) is 30.0 Å². The average Bonchev–Trinajstić information content (AvgIpc) is 2.78. The van der Waals surface area contributed by atoms with Gasteiger partial charge in [0.1, 0.15) is 0 Å². The number of nitrogens with one attached hydrogen (secondary N) is 2. The summed E-state index contributed by atoms with van der Waals surface area (Å²) in [7, 11) is 0. The van der Waals surface area contributed by atoms with E-state index >= 15 is 0 Å². The van der Waals surface area contributed by atoms with Gasteiger partial charge in [-0.05, 0) is 83.2 Å². The number of carbonyl (C=O) groups is 1. The molecule has 2 rings (SSSR count). The van der Waals surface area contributed by atoms with Crippen molar-refractivity contribution in [1.29, 1.82) is 0 Å². The van der Waals surface area contributed by atoms with E-state index in [-0.39, 0.29) is 11.0 Å². The molecule has 1 amide bonds. The number of hydrogen-bond acceptors (Lipinski definition) is 6. The van der Waals surface area contributed by atoms with Gasteiger partial charge in [0.2, 0.25) is 5.75 Å². The van der Waals surface area contributed by atoms with E-state index in [1.807, 2.05) is 45.0 Å². The number of hydrogen-bond donors (Lipinski definition) is 2. The van der Waals surface area contributed by atoms with Crippen LogP contribution in [0.4, 0.5) is 11.4 Å².